The highest BCUT2D eigenvalue weighted by molar-refractivity contribution is 9.10. The number of nitrogens with one attached hydrogen (secondary N) is 1. The topological polar surface area (TPSA) is 77.2 Å². The van der Waals surface area contributed by atoms with Crippen LogP contribution in [-0.2, 0) is 0 Å². The third kappa shape index (κ3) is 3.03. The number of amides is 1. The second-order valence-electron chi connectivity index (χ2n) is 3.76. The molecule has 5 nitrogen and oxygen atoms in total. The van der Waals surface area contributed by atoms with Gasteiger partial charge in [-0.1, -0.05) is 15.9 Å². The second kappa shape index (κ2) is 5.71. The van der Waals surface area contributed by atoms with Gasteiger partial charge in [0.15, 0.2) is 0 Å². The summed E-state index contributed by atoms with van der Waals surface area (Å²) in [6.45, 7) is 0. The van der Waals surface area contributed by atoms with E-state index in [9.17, 15) is 4.79 Å². The number of pyridine rings is 1. The lowest BCUT2D eigenvalue weighted by Crippen LogP contribution is -2.15. The van der Waals surface area contributed by atoms with Gasteiger partial charge in [0, 0.05) is 22.6 Å². The SMILES string of the molecule is COc1ccc(Br)cc1NC(=O)c1cnccc1N. The summed E-state index contributed by atoms with van der Waals surface area (Å²) in [5.41, 5.74) is 6.99. The van der Waals surface area contributed by atoms with Crippen LogP contribution in [0.4, 0.5) is 11.4 Å². The number of hydrogen-bond acceptors (Lipinski definition) is 4. The summed E-state index contributed by atoms with van der Waals surface area (Å²) in [7, 11) is 1.54. The Morgan fingerprint density at radius 3 is 2.89 bits per heavy atom. The van der Waals surface area contributed by atoms with Gasteiger partial charge in [0.1, 0.15) is 5.75 Å². The summed E-state index contributed by atoms with van der Waals surface area (Å²) in [4.78, 5) is 16.0. The Morgan fingerprint density at radius 1 is 1.42 bits per heavy atom. The third-order valence-corrected chi connectivity index (χ3v) is 3.00. The molecule has 0 aliphatic heterocycles. The Hall–Kier alpha value is -2.08. The molecule has 98 valence electrons. The number of carbonyl (C=O) groups is 1. The van der Waals surface area contributed by atoms with Crippen molar-refractivity contribution in [1.82, 2.24) is 4.98 Å². The van der Waals surface area contributed by atoms with Gasteiger partial charge < -0.3 is 15.8 Å². The number of nitrogens with two attached hydrogens (primary N) is 1. The molecule has 0 saturated heterocycles. The Labute approximate surface area is 118 Å². The van der Waals surface area contributed by atoms with Crippen molar-refractivity contribution < 1.29 is 9.53 Å². The highest BCUT2D eigenvalue weighted by Crippen LogP contribution is 2.28. The van der Waals surface area contributed by atoms with Gasteiger partial charge in [-0.15, -0.1) is 0 Å². The molecule has 1 amide bonds. The molecule has 0 radical (unpaired) electrons. The summed E-state index contributed by atoms with van der Waals surface area (Å²) in [6.07, 6.45) is 2.96. The van der Waals surface area contributed by atoms with Gasteiger partial charge in [0.05, 0.1) is 18.4 Å². The second-order valence-corrected chi connectivity index (χ2v) is 4.68. The van der Waals surface area contributed by atoms with Crippen molar-refractivity contribution in [2.75, 3.05) is 18.2 Å². The molecule has 0 aliphatic carbocycles. The lowest BCUT2D eigenvalue weighted by molar-refractivity contribution is 0.102. The monoisotopic (exact) mass is 321 g/mol. The van der Waals surface area contributed by atoms with Crippen LogP contribution in [0.5, 0.6) is 5.75 Å². The summed E-state index contributed by atoms with van der Waals surface area (Å²) in [5, 5.41) is 2.75. The van der Waals surface area contributed by atoms with Crippen LogP contribution in [0.25, 0.3) is 0 Å². The zero-order valence-electron chi connectivity index (χ0n) is 10.2. The highest BCUT2D eigenvalue weighted by Gasteiger charge is 2.12. The average Bonchev–Trinajstić information content (AvgIpc) is 2.39. The number of hydrogen-bond donors (Lipinski definition) is 2. The molecule has 0 atom stereocenters. The number of nitrogen functional groups attached to an aromatic ring is 1. The Balaban J connectivity index is 2.29. The molecular weight excluding hydrogens is 310 g/mol. The van der Waals surface area contributed by atoms with E-state index < -0.39 is 0 Å². The molecule has 3 N–H and O–H groups in total. The number of aromatic nitrogens is 1. The molecule has 0 saturated carbocycles. The van der Waals surface area contributed by atoms with Gasteiger partial charge >= 0.3 is 0 Å². The molecule has 0 spiro atoms. The van der Waals surface area contributed by atoms with Crippen LogP contribution in [0, 0.1) is 0 Å². The fourth-order valence-corrected chi connectivity index (χ4v) is 1.92. The van der Waals surface area contributed by atoms with E-state index in [1.165, 1.54) is 19.5 Å². The predicted molar refractivity (Wildman–Crippen MR) is 77.3 cm³/mol. The molecule has 1 heterocycles. The molecule has 2 rings (SSSR count). The molecule has 6 heteroatoms. The van der Waals surface area contributed by atoms with Gasteiger partial charge in [0.25, 0.3) is 5.91 Å². The van der Waals surface area contributed by atoms with Crippen molar-refractivity contribution >= 4 is 33.2 Å². The minimum Gasteiger partial charge on any atom is -0.495 e. The molecule has 1 aromatic carbocycles. The molecule has 0 bridgehead atoms. The van der Waals surface area contributed by atoms with Crippen molar-refractivity contribution in [3.8, 4) is 5.75 Å². The van der Waals surface area contributed by atoms with E-state index in [-0.39, 0.29) is 5.91 Å². The molecular formula is C13H12BrN3O2. The zero-order chi connectivity index (χ0) is 13.8. The first kappa shape index (κ1) is 13.4. The van der Waals surface area contributed by atoms with Gasteiger partial charge in [-0.2, -0.15) is 0 Å². The summed E-state index contributed by atoms with van der Waals surface area (Å²) in [6, 6.07) is 6.91. The van der Waals surface area contributed by atoms with Crippen molar-refractivity contribution in [3.63, 3.8) is 0 Å². The van der Waals surface area contributed by atoms with Gasteiger partial charge in [-0.25, -0.2) is 0 Å². The van der Waals surface area contributed by atoms with E-state index in [0.717, 1.165) is 4.47 Å². The maximum Gasteiger partial charge on any atom is 0.259 e. The van der Waals surface area contributed by atoms with Crippen molar-refractivity contribution in [3.05, 3.63) is 46.7 Å². The van der Waals surface area contributed by atoms with Crippen LogP contribution in [0.1, 0.15) is 10.4 Å². The molecule has 0 unspecified atom stereocenters. The van der Waals surface area contributed by atoms with Crippen molar-refractivity contribution in [2.45, 2.75) is 0 Å². The Bertz CT molecular complexity index is 617. The largest absolute Gasteiger partial charge is 0.495 e. The highest BCUT2D eigenvalue weighted by atomic mass is 79.9. The Morgan fingerprint density at radius 2 is 2.21 bits per heavy atom. The fourth-order valence-electron chi connectivity index (χ4n) is 1.56. The van der Waals surface area contributed by atoms with Crippen molar-refractivity contribution in [1.29, 1.82) is 0 Å². The number of anilines is 2. The third-order valence-electron chi connectivity index (χ3n) is 2.51. The number of carbonyl (C=O) groups excluding carboxylic acids is 1. The molecule has 2 aromatic rings. The number of ether oxygens (including phenoxy) is 1. The summed E-state index contributed by atoms with van der Waals surface area (Å²) >= 11 is 3.34. The van der Waals surface area contributed by atoms with Crippen LogP contribution in [0.3, 0.4) is 0 Å². The van der Waals surface area contributed by atoms with Crippen LogP contribution in [0.15, 0.2) is 41.1 Å². The van der Waals surface area contributed by atoms with Crippen LogP contribution in [-0.4, -0.2) is 18.0 Å². The summed E-state index contributed by atoms with van der Waals surface area (Å²) in [5.74, 6) is 0.237. The molecule has 0 fully saturated rings. The lowest BCUT2D eigenvalue weighted by Gasteiger charge is -2.11. The number of nitrogens with zero attached hydrogens (tertiary/aromatic N) is 1. The molecule has 1 aromatic heterocycles. The van der Waals surface area contributed by atoms with E-state index >= 15 is 0 Å². The molecule has 19 heavy (non-hydrogen) atoms. The van der Waals surface area contributed by atoms with Crippen LogP contribution < -0.4 is 15.8 Å². The number of methoxy groups -OCH3 is 1. The first-order valence-electron chi connectivity index (χ1n) is 5.46. The zero-order valence-corrected chi connectivity index (χ0v) is 11.8. The van der Waals surface area contributed by atoms with Crippen LogP contribution in [0.2, 0.25) is 0 Å². The summed E-state index contributed by atoms with van der Waals surface area (Å²) < 4.78 is 6.02. The minimum absolute atomic E-state index is 0.324. The normalized spacial score (nSPS) is 10.0. The number of halogens is 1. The van der Waals surface area contributed by atoms with Gasteiger partial charge in [0.2, 0.25) is 0 Å². The van der Waals surface area contributed by atoms with E-state index in [1.807, 2.05) is 6.07 Å². The van der Waals surface area contributed by atoms with Gasteiger partial charge in [-0.3, -0.25) is 9.78 Å². The number of rotatable bonds is 3. The standard InChI is InChI=1S/C13H12BrN3O2/c1-19-12-3-2-8(14)6-11(12)17-13(18)9-7-16-5-4-10(9)15/h2-7H,1H3,(H2,15,16)(H,17,18). The minimum atomic E-state index is -0.331. The maximum absolute atomic E-state index is 12.1. The van der Waals surface area contributed by atoms with E-state index in [1.54, 1.807) is 18.2 Å². The first-order chi connectivity index (χ1) is 9.11. The van der Waals surface area contributed by atoms with Gasteiger partial charge in [-0.05, 0) is 24.3 Å². The first-order valence-corrected chi connectivity index (χ1v) is 6.25. The van der Waals surface area contributed by atoms with E-state index in [2.05, 4.69) is 26.2 Å². The fraction of sp³-hybridized carbons (Fsp3) is 0.0769. The van der Waals surface area contributed by atoms with E-state index in [0.29, 0.717) is 22.7 Å². The Kier molecular flexibility index (Phi) is 4.01. The predicted octanol–water partition coefficient (Wildman–Crippen LogP) is 2.69. The van der Waals surface area contributed by atoms with Crippen molar-refractivity contribution in [2.24, 2.45) is 0 Å². The smallest absolute Gasteiger partial charge is 0.259 e. The molecule has 0 aliphatic rings. The average molecular weight is 322 g/mol. The van der Waals surface area contributed by atoms with E-state index in [4.69, 9.17) is 10.5 Å². The lowest BCUT2D eigenvalue weighted by atomic mass is 10.2. The number of benzene rings is 1. The maximum atomic E-state index is 12.1. The quantitative estimate of drug-likeness (QED) is 0.911. The van der Waals surface area contributed by atoms with Crippen LogP contribution >= 0.6 is 15.9 Å².